The summed E-state index contributed by atoms with van der Waals surface area (Å²) in [7, 11) is -3.58. The summed E-state index contributed by atoms with van der Waals surface area (Å²) in [4.78, 5) is 27.3. The van der Waals surface area contributed by atoms with Crippen molar-refractivity contribution in [2.24, 2.45) is 0 Å². The van der Waals surface area contributed by atoms with E-state index in [1.54, 1.807) is 48.7 Å². The highest BCUT2D eigenvalue weighted by molar-refractivity contribution is 7.89. The van der Waals surface area contributed by atoms with Gasteiger partial charge in [0, 0.05) is 41.7 Å². The fraction of sp³-hybridized carbons (Fsp3) is 0.235. The molecule has 0 radical (unpaired) electrons. The van der Waals surface area contributed by atoms with Gasteiger partial charge < -0.3 is 15.0 Å². The summed E-state index contributed by atoms with van der Waals surface area (Å²) in [5, 5.41) is 3.76. The van der Waals surface area contributed by atoms with Crippen LogP contribution in [0.3, 0.4) is 0 Å². The molecule has 236 valence electrons. The van der Waals surface area contributed by atoms with E-state index in [1.165, 1.54) is 23.2 Å². The Morgan fingerprint density at radius 3 is 2.39 bits per heavy atom. The van der Waals surface area contributed by atoms with Crippen molar-refractivity contribution < 1.29 is 26.7 Å². The molecule has 2 atom stereocenters. The molecule has 3 heterocycles. The zero-order valence-corrected chi connectivity index (χ0v) is 25.5. The number of hydrogen-bond acceptors (Lipinski definition) is 8. The van der Waals surface area contributed by atoms with Crippen LogP contribution in [0.15, 0.2) is 97.3 Å². The molecule has 1 N–H and O–H groups in total. The molecule has 6 rings (SSSR count). The fourth-order valence-corrected chi connectivity index (χ4v) is 6.90. The zero-order chi connectivity index (χ0) is 32.1. The number of piperidine rings is 1. The minimum atomic E-state index is -3.58. The van der Waals surface area contributed by atoms with E-state index < -0.39 is 39.7 Å². The number of carbonyl (C=O) groups excluding carboxylic acids is 1. The van der Waals surface area contributed by atoms with Crippen molar-refractivity contribution in [3.05, 3.63) is 120 Å². The molecule has 2 aromatic heterocycles. The van der Waals surface area contributed by atoms with Gasteiger partial charge in [-0.25, -0.2) is 32.0 Å². The number of nitrogens with zero attached hydrogens (tertiary/aromatic N) is 4. The van der Waals surface area contributed by atoms with Gasteiger partial charge in [0.1, 0.15) is 18.6 Å². The van der Waals surface area contributed by atoms with Crippen LogP contribution in [0.2, 0.25) is 0 Å². The van der Waals surface area contributed by atoms with E-state index in [9.17, 15) is 17.6 Å². The lowest BCUT2D eigenvalue weighted by Gasteiger charge is -2.34. The first-order valence-electron chi connectivity index (χ1n) is 14.7. The highest BCUT2D eigenvalue weighted by Gasteiger charge is 2.31. The number of alkyl halides is 1. The normalized spacial score (nSPS) is 16.7. The number of carbonyl (C=O) groups is 1. The Hall–Kier alpha value is -4.97. The van der Waals surface area contributed by atoms with Crippen LogP contribution < -0.4 is 5.32 Å². The largest absolute Gasteiger partial charge is 0.445 e. The summed E-state index contributed by atoms with van der Waals surface area (Å²) in [6.07, 6.45) is 1.46. The number of hydrogen-bond donors (Lipinski definition) is 1. The molecule has 0 aliphatic carbocycles. The molecule has 9 nitrogen and oxygen atoms in total. The SMILES string of the molecule is O=C(OCc1ccccc1)N1C[C@@H](F)C[C@H](Nc2ncc3cc(-c4ccc(CS(=O)(=O)Cc5ccccc5)c(F)c4)ncc3n2)C1. The Labute approximate surface area is 265 Å². The highest BCUT2D eigenvalue weighted by Crippen LogP contribution is 2.26. The van der Waals surface area contributed by atoms with Crippen LogP contribution in [0.4, 0.5) is 19.5 Å². The Balaban J connectivity index is 1.10. The lowest BCUT2D eigenvalue weighted by molar-refractivity contribution is 0.0685. The smallest absolute Gasteiger partial charge is 0.410 e. The summed E-state index contributed by atoms with van der Waals surface area (Å²) < 4.78 is 60.4. The van der Waals surface area contributed by atoms with Crippen LogP contribution in [0, 0.1) is 5.82 Å². The van der Waals surface area contributed by atoms with Crippen LogP contribution in [0.25, 0.3) is 22.2 Å². The van der Waals surface area contributed by atoms with Crippen LogP contribution in [0.5, 0.6) is 0 Å². The average molecular weight is 644 g/mol. The Bertz CT molecular complexity index is 1950. The molecule has 12 heteroatoms. The van der Waals surface area contributed by atoms with Gasteiger partial charge in [0.05, 0.1) is 35.5 Å². The van der Waals surface area contributed by atoms with E-state index >= 15 is 4.39 Å². The second kappa shape index (κ2) is 13.6. The van der Waals surface area contributed by atoms with Gasteiger partial charge in [-0.3, -0.25) is 4.98 Å². The van der Waals surface area contributed by atoms with Gasteiger partial charge in [-0.1, -0.05) is 72.8 Å². The molecule has 3 aromatic carbocycles. The summed E-state index contributed by atoms with van der Waals surface area (Å²) >= 11 is 0. The first kappa shape index (κ1) is 31.0. The molecule has 1 aliphatic rings. The summed E-state index contributed by atoms with van der Waals surface area (Å²) in [5.74, 6) is -0.971. The van der Waals surface area contributed by atoms with Gasteiger partial charge in [-0.05, 0) is 23.3 Å². The van der Waals surface area contributed by atoms with Crippen molar-refractivity contribution in [2.75, 3.05) is 18.4 Å². The van der Waals surface area contributed by atoms with Crippen LogP contribution >= 0.6 is 0 Å². The number of aromatic nitrogens is 3. The monoisotopic (exact) mass is 643 g/mol. The molecule has 5 aromatic rings. The maximum absolute atomic E-state index is 15.0. The first-order valence-corrected chi connectivity index (χ1v) is 16.5. The summed E-state index contributed by atoms with van der Waals surface area (Å²) in [5.41, 5.74) is 3.02. The number of rotatable bonds is 9. The van der Waals surface area contributed by atoms with E-state index in [0.29, 0.717) is 27.7 Å². The number of pyridine rings is 1. The molecule has 0 spiro atoms. The number of nitrogens with one attached hydrogen (secondary N) is 1. The van der Waals surface area contributed by atoms with Gasteiger partial charge in [0.15, 0.2) is 9.84 Å². The lowest BCUT2D eigenvalue weighted by Crippen LogP contribution is -2.50. The number of ether oxygens (including phenoxy) is 1. The quantitative estimate of drug-likeness (QED) is 0.205. The van der Waals surface area contributed by atoms with Gasteiger partial charge in [-0.15, -0.1) is 0 Å². The van der Waals surface area contributed by atoms with Crippen LogP contribution in [-0.4, -0.2) is 59.7 Å². The van der Waals surface area contributed by atoms with Crippen molar-refractivity contribution >= 4 is 32.8 Å². The second-order valence-corrected chi connectivity index (χ2v) is 13.3. The lowest BCUT2D eigenvalue weighted by atomic mass is 10.0. The first-order chi connectivity index (χ1) is 22.2. The molecular weight excluding hydrogens is 612 g/mol. The summed E-state index contributed by atoms with van der Waals surface area (Å²) in [6, 6.07) is 23.7. The Morgan fingerprint density at radius 2 is 1.65 bits per heavy atom. The van der Waals surface area contributed by atoms with Crippen molar-refractivity contribution in [3.8, 4) is 11.3 Å². The van der Waals surface area contributed by atoms with E-state index in [1.807, 2.05) is 30.3 Å². The van der Waals surface area contributed by atoms with Crippen molar-refractivity contribution in [1.29, 1.82) is 0 Å². The fourth-order valence-electron chi connectivity index (χ4n) is 5.39. The van der Waals surface area contributed by atoms with E-state index in [4.69, 9.17) is 4.74 Å². The molecule has 0 unspecified atom stereocenters. The number of amides is 1. The predicted octanol–water partition coefficient (Wildman–Crippen LogP) is 6.11. The molecule has 0 bridgehead atoms. The average Bonchev–Trinajstić information content (AvgIpc) is 3.04. The third-order valence-electron chi connectivity index (χ3n) is 7.62. The Morgan fingerprint density at radius 1 is 0.913 bits per heavy atom. The molecule has 46 heavy (non-hydrogen) atoms. The second-order valence-electron chi connectivity index (χ2n) is 11.3. The standard InChI is InChI=1S/C34H31F2N5O4S/c35-28-15-29(19-41(18-28)34(42)45-20-23-7-3-1-4-8-23)39-33-38-16-27-14-31(37-17-32(27)40-33)25-11-12-26(30(36)13-25)22-46(43,44)21-24-9-5-2-6-10-24/h1-14,16-17,28-29H,15,18-22H2,(H,38,39,40)/t28-,29-/m0/s1. The van der Waals surface area contributed by atoms with Crippen molar-refractivity contribution in [2.45, 2.75) is 36.7 Å². The van der Waals surface area contributed by atoms with E-state index in [0.717, 1.165) is 5.56 Å². The van der Waals surface area contributed by atoms with Crippen LogP contribution in [0.1, 0.15) is 23.1 Å². The maximum Gasteiger partial charge on any atom is 0.410 e. The number of fused-ring (bicyclic) bond motifs is 1. The maximum atomic E-state index is 15.0. The molecule has 1 aliphatic heterocycles. The molecule has 1 fully saturated rings. The molecule has 1 amide bonds. The van der Waals surface area contributed by atoms with Gasteiger partial charge in [-0.2, -0.15) is 0 Å². The minimum absolute atomic E-state index is 0.0534. The topological polar surface area (TPSA) is 114 Å². The van der Waals surface area contributed by atoms with Gasteiger partial charge >= 0.3 is 6.09 Å². The van der Waals surface area contributed by atoms with E-state index in [2.05, 4.69) is 20.3 Å². The minimum Gasteiger partial charge on any atom is -0.445 e. The zero-order valence-electron chi connectivity index (χ0n) is 24.7. The van der Waals surface area contributed by atoms with Crippen molar-refractivity contribution in [3.63, 3.8) is 0 Å². The highest BCUT2D eigenvalue weighted by atomic mass is 32.2. The predicted molar refractivity (Wildman–Crippen MR) is 171 cm³/mol. The molecular formula is C34H31F2N5O4S. The number of anilines is 1. The number of benzene rings is 3. The van der Waals surface area contributed by atoms with E-state index in [-0.39, 0.29) is 43.4 Å². The number of sulfone groups is 1. The molecule has 1 saturated heterocycles. The third kappa shape index (κ3) is 7.81. The Kier molecular flexibility index (Phi) is 9.16. The molecule has 0 saturated carbocycles. The third-order valence-corrected chi connectivity index (χ3v) is 9.14. The van der Waals surface area contributed by atoms with Gasteiger partial charge in [0.2, 0.25) is 5.95 Å². The summed E-state index contributed by atoms with van der Waals surface area (Å²) in [6.45, 7) is 0.269. The van der Waals surface area contributed by atoms with Crippen LogP contribution in [-0.2, 0) is 32.7 Å². The van der Waals surface area contributed by atoms with Crippen molar-refractivity contribution in [1.82, 2.24) is 19.9 Å². The number of likely N-dealkylation sites (tertiary alicyclic amines) is 1. The number of halogens is 2. The van der Waals surface area contributed by atoms with Gasteiger partial charge in [0.25, 0.3) is 0 Å².